The third-order valence-electron chi connectivity index (χ3n) is 2.79. The predicted octanol–water partition coefficient (Wildman–Crippen LogP) is 1.75. The second-order valence-electron chi connectivity index (χ2n) is 4.35. The van der Waals surface area contributed by atoms with E-state index in [9.17, 15) is 9.59 Å². The smallest absolute Gasteiger partial charge is 0.326 e. The molecule has 0 saturated carbocycles. The summed E-state index contributed by atoms with van der Waals surface area (Å²) in [7, 11) is 1.58. The first-order valence-corrected chi connectivity index (χ1v) is 6.47. The first-order chi connectivity index (χ1) is 9.56. The number of urea groups is 1. The van der Waals surface area contributed by atoms with Gasteiger partial charge in [-0.25, -0.2) is 9.59 Å². The molecule has 3 N–H and O–H groups in total. The minimum Gasteiger partial charge on any atom is -0.497 e. The van der Waals surface area contributed by atoms with E-state index in [1.54, 1.807) is 19.2 Å². The van der Waals surface area contributed by atoms with Crippen molar-refractivity contribution in [2.75, 3.05) is 7.11 Å². The van der Waals surface area contributed by atoms with E-state index in [4.69, 9.17) is 9.84 Å². The molecule has 0 fully saturated rings. The van der Waals surface area contributed by atoms with Crippen molar-refractivity contribution in [3.8, 4) is 5.75 Å². The molecule has 1 rings (SSSR count). The van der Waals surface area contributed by atoms with E-state index in [1.807, 2.05) is 19.1 Å². The second-order valence-corrected chi connectivity index (χ2v) is 4.35. The molecule has 0 saturated heterocycles. The molecular weight excluding hydrogens is 260 g/mol. The van der Waals surface area contributed by atoms with Crippen molar-refractivity contribution >= 4 is 12.0 Å². The van der Waals surface area contributed by atoms with Gasteiger partial charge in [0, 0.05) is 6.54 Å². The Morgan fingerprint density at radius 2 is 1.95 bits per heavy atom. The van der Waals surface area contributed by atoms with Gasteiger partial charge in [0.15, 0.2) is 0 Å². The number of benzene rings is 1. The quantitative estimate of drug-likeness (QED) is 0.710. The zero-order valence-corrected chi connectivity index (χ0v) is 11.7. The van der Waals surface area contributed by atoms with E-state index in [1.165, 1.54) is 0 Å². The van der Waals surface area contributed by atoms with E-state index < -0.39 is 18.0 Å². The Morgan fingerprint density at radius 1 is 1.30 bits per heavy atom. The van der Waals surface area contributed by atoms with Crippen LogP contribution in [0.25, 0.3) is 0 Å². The number of methoxy groups -OCH3 is 1. The van der Waals surface area contributed by atoms with Crippen molar-refractivity contribution in [1.29, 1.82) is 0 Å². The van der Waals surface area contributed by atoms with Gasteiger partial charge in [-0.2, -0.15) is 0 Å². The molecule has 0 unspecified atom stereocenters. The number of hydrogen-bond donors (Lipinski definition) is 3. The lowest BCUT2D eigenvalue weighted by Gasteiger charge is -2.14. The maximum Gasteiger partial charge on any atom is 0.326 e. The lowest BCUT2D eigenvalue weighted by Crippen LogP contribution is -2.45. The maximum absolute atomic E-state index is 11.6. The molecule has 1 aromatic rings. The minimum absolute atomic E-state index is 0.328. The summed E-state index contributed by atoms with van der Waals surface area (Å²) in [6.07, 6.45) is 1.10. The van der Waals surface area contributed by atoms with Gasteiger partial charge < -0.3 is 20.5 Å². The molecule has 0 heterocycles. The Hall–Kier alpha value is -2.24. The van der Waals surface area contributed by atoms with Crippen LogP contribution in [0.5, 0.6) is 5.75 Å². The van der Waals surface area contributed by atoms with Crippen molar-refractivity contribution in [2.24, 2.45) is 0 Å². The van der Waals surface area contributed by atoms with Crippen molar-refractivity contribution in [3.63, 3.8) is 0 Å². The zero-order chi connectivity index (χ0) is 15.0. The molecular formula is C14H20N2O4. The highest BCUT2D eigenvalue weighted by Crippen LogP contribution is 2.10. The van der Waals surface area contributed by atoms with Crippen LogP contribution in [0, 0.1) is 0 Å². The lowest BCUT2D eigenvalue weighted by molar-refractivity contribution is -0.139. The molecule has 6 nitrogen and oxygen atoms in total. The van der Waals surface area contributed by atoms with Crippen LogP contribution < -0.4 is 15.4 Å². The zero-order valence-electron chi connectivity index (χ0n) is 11.7. The Labute approximate surface area is 118 Å². The molecule has 0 aromatic heterocycles. The van der Waals surface area contributed by atoms with Gasteiger partial charge in [-0.05, 0) is 24.1 Å². The largest absolute Gasteiger partial charge is 0.497 e. The molecule has 0 bridgehead atoms. The number of carbonyl (C=O) groups excluding carboxylic acids is 1. The molecule has 0 radical (unpaired) electrons. The highest BCUT2D eigenvalue weighted by atomic mass is 16.5. The topological polar surface area (TPSA) is 87.7 Å². The van der Waals surface area contributed by atoms with E-state index in [2.05, 4.69) is 10.6 Å². The number of carbonyl (C=O) groups is 2. The van der Waals surface area contributed by atoms with Crippen LogP contribution in [0.1, 0.15) is 25.3 Å². The molecule has 6 heteroatoms. The van der Waals surface area contributed by atoms with Gasteiger partial charge in [0.1, 0.15) is 11.8 Å². The number of carboxylic acids is 1. The van der Waals surface area contributed by atoms with E-state index in [0.29, 0.717) is 19.4 Å². The van der Waals surface area contributed by atoms with Crippen LogP contribution in [0.2, 0.25) is 0 Å². The van der Waals surface area contributed by atoms with Gasteiger partial charge in [0.25, 0.3) is 0 Å². The highest BCUT2D eigenvalue weighted by Gasteiger charge is 2.18. The molecule has 0 spiro atoms. The molecule has 20 heavy (non-hydrogen) atoms. The number of amides is 2. The first kappa shape index (κ1) is 15.8. The van der Waals surface area contributed by atoms with E-state index in [-0.39, 0.29) is 0 Å². The number of rotatable bonds is 7. The third-order valence-corrected chi connectivity index (χ3v) is 2.79. The molecule has 1 atom stereocenters. The van der Waals surface area contributed by atoms with Gasteiger partial charge in [-0.3, -0.25) is 0 Å². The second kappa shape index (κ2) is 8.04. The molecule has 0 aliphatic heterocycles. The fraction of sp³-hybridized carbons (Fsp3) is 0.429. The Balaban J connectivity index is 2.43. The molecule has 1 aromatic carbocycles. The van der Waals surface area contributed by atoms with Crippen LogP contribution in [0.15, 0.2) is 24.3 Å². The van der Waals surface area contributed by atoms with Gasteiger partial charge in [-0.1, -0.05) is 25.5 Å². The average molecular weight is 280 g/mol. The van der Waals surface area contributed by atoms with Crippen LogP contribution in [-0.4, -0.2) is 30.3 Å². The predicted molar refractivity (Wildman–Crippen MR) is 74.7 cm³/mol. The van der Waals surface area contributed by atoms with Gasteiger partial charge in [0.2, 0.25) is 0 Å². The summed E-state index contributed by atoms with van der Waals surface area (Å²) in [4.78, 5) is 22.5. The molecule has 2 amide bonds. The summed E-state index contributed by atoms with van der Waals surface area (Å²) in [6.45, 7) is 2.20. The summed E-state index contributed by atoms with van der Waals surface area (Å²) in [5, 5.41) is 14.0. The minimum atomic E-state index is -1.02. The number of ether oxygens (including phenoxy) is 1. The summed E-state index contributed by atoms with van der Waals surface area (Å²) in [5.74, 6) is -0.279. The van der Waals surface area contributed by atoms with Crippen molar-refractivity contribution < 1.29 is 19.4 Å². The van der Waals surface area contributed by atoms with E-state index >= 15 is 0 Å². The highest BCUT2D eigenvalue weighted by molar-refractivity contribution is 5.82. The maximum atomic E-state index is 11.6. The number of hydrogen-bond acceptors (Lipinski definition) is 3. The fourth-order valence-electron chi connectivity index (χ4n) is 1.68. The van der Waals surface area contributed by atoms with Crippen LogP contribution in [0.3, 0.4) is 0 Å². The Bertz CT molecular complexity index is 445. The summed E-state index contributed by atoms with van der Waals surface area (Å²) >= 11 is 0. The Kier molecular flexibility index (Phi) is 6.36. The first-order valence-electron chi connectivity index (χ1n) is 6.47. The van der Waals surface area contributed by atoms with Crippen molar-refractivity contribution in [2.45, 2.75) is 32.4 Å². The number of aliphatic carboxylic acids is 1. The molecule has 110 valence electrons. The summed E-state index contributed by atoms with van der Waals surface area (Å²) in [5.41, 5.74) is 0.906. The van der Waals surface area contributed by atoms with Gasteiger partial charge in [-0.15, -0.1) is 0 Å². The van der Waals surface area contributed by atoms with Crippen LogP contribution in [-0.2, 0) is 11.3 Å². The molecule has 0 aliphatic rings. The van der Waals surface area contributed by atoms with Gasteiger partial charge >= 0.3 is 12.0 Å². The fourth-order valence-corrected chi connectivity index (χ4v) is 1.68. The van der Waals surface area contributed by atoms with Crippen molar-refractivity contribution in [1.82, 2.24) is 10.6 Å². The summed E-state index contributed by atoms with van der Waals surface area (Å²) < 4.78 is 5.04. The lowest BCUT2D eigenvalue weighted by atomic mass is 10.2. The number of nitrogens with one attached hydrogen (secondary N) is 2. The monoisotopic (exact) mass is 280 g/mol. The normalized spacial score (nSPS) is 11.5. The average Bonchev–Trinajstić information content (AvgIpc) is 2.45. The third kappa shape index (κ3) is 5.17. The van der Waals surface area contributed by atoms with Crippen LogP contribution >= 0.6 is 0 Å². The number of carboxylic acid groups (broad SMARTS) is 1. The summed E-state index contributed by atoms with van der Waals surface area (Å²) in [6, 6.07) is 5.93. The van der Waals surface area contributed by atoms with E-state index in [0.717, 1.165) is 11.3 Å². The SMILES string of the molecule is CCC[C@@H](NC(=O)NCc1ccc(OC)cc1)C(=O)O. The molecule has 0 aliphatic carbocycles. The van der Waals surface area contributed by atoms with Crippen molar-refractivity contribution in [3.05, 3.63) is 29.8 Å². The van der Waals surface area contributed by atoms with Gasteiger partial charge in [0.05, 0.1) is 7.11 Å². The van der Waals surface area contributed by atoms with Crippen LogP contribution in [0.4, 0.5) is 4.79 Å². The Morgan fingerprint density at radius 3 is 2.45 bits per heavy atom. The standard InChI is InChI=1S/C14H20N2O4/c1-3-4-12(13(17)18)16-14(19)15-9-10-5-7-11(20-2)8-6-10/h5-8,12H,3-4,9H2,1-2H3,(H,17,18)(H2,15,16,19)/t12-/m1/s1.